The third-order valence-corrected chi connectivity index (χ3v) is 7.72. The average Bonchev–Trinajstić information content (AvgIpc) is 3.45. The number of hydrogen-bond donors (Lipinski definition) is 2. The maximum Gasteiger partial charge on any atom is 0.435 e. The van der Waals surface area contributed by atoms with E-state index in [2.05, 4.69) is 20.4 Å². The second-order valence-electron chi connectivity index (χ2n) is 10.7. The molecule has 0 aliphatic heterocycles. The van der Waals surface area contributed by atoms with Crippen molar-refractivity contribution in [3.05, 3.63) is 100 Å². The van der Waals surface area contributed by atoms with Gasteiger partial charge in [-0.05, 0) is 66.5 Å². The summed E-state index contributed by atoms with van der Waals surface area (Å²) in [5.74, 6) is -4.47. The highest BCUT2D eigenvalue weighted by atomic mass is 19.4. The van der Waals surface area contributed by atoms with Crippen LogP contribution in [0.15, 0.2) is 48.9 Å². The molecule has 3 atom stereocenters. The van der Waals surface area contributed by atoms with Crippen molar-refractivity contribution in [3.63, 3.8) is 0 Å². The van der Waals surface area contributed by atoms with Gasteiger partial charge in [-0.15, -0.1) is 0 Å². The third kappa shape index (κ3) is 5.56. The minimum absolute atomic E-state index is 0.101. The van der Waals surface area contributed by atoms with Crippen molar-refractivity contribution >= 4 is 11.8 Å². The van der Waals surface area contributed by atoms with Crippen LogP contribution in [0.5, 0.6) is 0 Å². The molecule has 43 heavy (non-hydrogen) atoms. The minimum atomic E-state index is -4.68. The largest absolute Gasteiger partial charge is 0.435 e. The fourth-order valence-corrected chi connectivity index (χ4v) is 5.81. The molecule has 2 aromatic carbocycles. The van der Waals surface area contributed by atoms with Crippen LogP contribution in [0, 0.1) is 23.4 Å². The Bertz CT molecular complexity index is 1750. The number of aromatic nitrogens is 4. The molecule has 2 aliphatic rings. The molecule has 2 aliphatic carbocycles. The molecular weight excluding hydrogens is 578 g/mol. The highest BCUT2D eigenvalue weighted by molar-refractivity contribution is 5.94. The van der Waals surface area contributed by atoms with E-state index in [-0.39, 0.29) is 46.2 Å². The summed E-state index contributed by atoms with van der Waals surface area (Å²) >= 11 is 0. The van der Waals surface area contributed by atoms with E-state index >= 15 is 0 Å². The van der Waals surface area contributed by atoms with Gasteiger partial charge in [-0.25, -0.2) is 23.1 Å². The van der Waals surface area contributed by atoms with Crippen LogP contribution >= 0.6 is 0 Å². The Morgan fingerprint density at radius 3 is 2.53 bits per heavy atom. The summed E-state index contributed by atoms with van der Waals surface area (Å²) in [6.07, 6.45) is -1.34. The Morgan fingerprint density at radius 1 is 1.09 bits per heavy atom. The van der Waals surface area contributed by atoms with Gasteiger partial charge in [0.2, 0.25) is 5.91 Å². The molecule has 4 aromatic rings. The van der Waals surface area contributed by atoms with Crippen molar-refractivity contribution in [1.82, 2.24) is 25.1 Å². The van der Waals surface area contributed by atoms with Crippen molar-refractivity contribution in [3.8, 4) is 11.1 Å². The van der Waals surface area contributed by atoms with Crippen LogP contribution in [0.3, 0.4) is 0 Å². The molecular formula is C29H22F6N6O2. The number of nitrogens with zero attached hydrogens (tertiary/aromatic N) is 4. The van der Waals surface area contributed by atoms with Crippen molar-refractivity contribution in [2.24, 2.45) is 11.7 Å². The average molecular weight is 601 g/mol. The van der Waals surface area contributed by atoms with Crippen molar-refractivity contribution in [2.75, 3.05) is 0 Å². The van der Waals surface area contributed by atoms with E-state index in [1.165, 1.54) is 18.3 Å². The summed E-state index contributed by atoms with van der Waals surface area (Å²) in [6, 6.07) is 5.25. The second-order valence-corrected chi connectivity index (χ2v) is 10.7. The van der Waals surface area contributed by atoms with Crippen LogP contribution in [0.4, 0.5) is 26.3 Å². The standard InChI is InChI=1S/C29H22F6N6O2/c30-16-3-13(4-17(31)9-16)5-22(26-20(10-37-12-38-26)14-1-2-21(32)19(6-14)28(36)43)39-24(42)11-41-23-8-15-7-18(15)25(23)27(40-41)29(33,34)35/h1-4,6,9-10,12,15,18,22H,5,7-8,11H2,(H2,36,43)(H,39,42)/t15?,18?,22-/m0/s1. The highest BCUT2D eigenvalue weighted by Crippen LogP contribution is 2.59. The molecule has 1 fully saturated rings. The molecule has 222 valence electrons. The number of nitrogens with one attached hydrogen (secondary N) is 1. The number of benzene rings is 2. The van der Waals surface area contributed by atoms with Gasteiger partial charge in [0.1, 0.15) is 30.3 Å². The number of primary amides is 1. The number of halogens is 6. The molecule has 2 aromatic heterocycles. The summed E-state index contributed by atoms with van der Waals surface area (Å²) in [5.41, 5.74) is 5.16. The second kappa shape index (κ2) is 10.5. The zero-order chi connectivity index (χ0) is 30.6. The van der Waals surface area contributed by atoms with Gasteiger partial charge < -0.3 is 11.1 Å². The molecule has 2 unspecified atom stereocenters. The Balaban J connectivity index is 1.36. The van der Waals surface area contributed by atoms with Crippen LogP contribution in [0.1, 0.15) is 56.9 Å². The van der Waals surface area contributed by atoms with Crippen LogP contribution in [-0.4, -0.2) is 31.6 Å². The molecule has 14 heteroatoms. The number of fused-ring (bicyclic) bond motifs is 3. The van der Waals surface area contributed by atoms with Crippen LogP contribution in [0.2, 0.25) is 0 Å². The quantitative estimate of drug-likeness (QED) is 0.286. The van der Waals surface area contributed by atoms with E-state index in [1.807, 2.05) is 0 Å². The van der Waals surface area contributed by atoms with Gasteiger partial charge in [0.05, 0.1) is 17.3 Å². The fraction of sp³-hybridized carbons (Fsp3) is 0.276. The first kappa shape index (κ1) is 28.4. The van der Waals surface area contributed by atoms with Crippen LogP contribution in [-0.2, 0) is 30.4 Å². The molecule has 1 saturated carbocycles. The summed E-state index contributed by atoms with van der Waals surface area (Å²) in [5, 5.41) is 6.44. The number of carbonyl (C=O) groups excluding carboxylic acids is 2. The van der Waals surface area contributed by atoms with Gasteiger partial charge in [-0.1, -0.05) is 6.07 Å². The number of hydrogen-bond acceptors (Lipinski definition) is 5. The Morgan fingerprint density at radius 2 is 1.84 bits per heavy atom. The molecule has 6 rings (SSSR count). The van der Waals surface area contributed by atoms with E-state index in [9.17, 15) is 35.9 Å². The lowest BCUT2D eigenvalue weighted by Crippen LogP contribution is -2.34. The summed E-state index contributed by atoms with van der Waals surface area (Å²) in [6.45, 7) is -0.547. The maximum absolute atomic E-state index is 14.2. The minimum Gasteiger partial charge on any atom is -0.366 e. The summed E-state index contributed by atoms with van der Waals surface area (Å²) < 4.78 is 84.6. The van der Waals surface area contributed by atoms with E-state index in [0.29, 0.717) is 24.6 Å². The molecule has 3 N–H and O–H groups in total. The highest BCUT2D eigenvalue weighted by Gasteiger charge is 2.53. The lowest BCUT2D eigenvalue weighted by molar-refractivity contribution is -0.142. The predicted octanol–water partition coefficient (Wildman–Crippen LogP) is 4.63. The number of carbonyl (C=O) groups is 2. The molecule has 0 saturated heterocycles. The Hall–Kier alpha value is -4.75. The molecule has 8 nitrogen and oxygen atoms in total. The van der Waals surface area contributed by atoms with Gasteiger partial charge in [0.25, 0.3) is 5.91 Å². The summed E-state index contributed by atoms with van der Waals surface area (Å²) in [7, 11) is 0. The van der Waals surface area contributed by atoms with Crippen molar-refractivity contribution in [2.45, 2.75) is 43.9 Å². The van der Waals surface area contributed by atoms with E-state index in [0.717, 1.165) is 29.2 Å². The van der Waals surface area contributed by atoms with Gasteiger partial charge in [0.15, 0.2) is 5.69 Å². The molecule has 0 spiro atoms. The first-order valence-electron chi connectivity index (χ1n) is 13.2. The smallest absolute Gasteiger partial charge is 0.366 e. The first-order chi connectivity index (χ1) is 20.4. The SMILES string of the molecule is NC(=O)c1cc(-c2cncnc2[C@H](Cc2cc(F)cc(F)c2)NC(=O)Cn2nc(C(F)(F)F)c3c2CC2CC32)ccc1F. The Labute approximate surface area is 239 Å². The zero-order valence-corrected chi connectivity index (χ0v) is 22.1. The van der Waals surface area contributed by atoms with Crippen molar-refractivity contribution < 1.29 is 35.9 Å². The van der Waals surface area contributed by atoms with Crippen molar-refractivity contribution in [1.29, 1.82) is 0 Å². The number of amides is 2. The fourth-order valence-electron chi connectivity index (χ4n) is 5.81. The molecule has 0 radical (unpaired) electrons. The number of rotatable bonds is 8. The van der Waals surface area contributed by atoms with E-state index < -0.39 is 59.3 Å². The van der Waals surface area contributed by atoms with E-state index in [4.69, 9.17) is 5.73 Å². The normalized spacial score (nSPS) is 17.7. The van der Waals surface area contributed by atoms with E-state index in [1.54, 1.807) is 0 Å². The lowest BCUT2D eigenvalue weighted by atomic mass is 9.95. The molecule has 2 heterocycles. The first-order valence-corrected chi connectivity index (χ1v) is 13.2. The Kier molecular flexibility index (Phi) is 6.93. The molecule has 2 amide bonds. The maximum atomic E-state index is 14.2. The monoisotopic (exact) mass is 600 g/mol. The van der Waals surface area contributed by atoms with Gasteiger partial charge in [-0.3, -0.25) is 14.3 Å². The van der Waals surface area contributed by atoms with Gasteiger partial charge >= 0.3 is 6.18 Å². The summed E-state index contributed by atoms with van der Waals surface area (Å²) in [4.78, 5) is 33.4. The van der Waals surface area contributed by atoms with Crippen LogP contribution in [0.25, 0.3) is 11.1 Å². The van der Waals surface area contributed by atoms with Gasteiger partial charge in [0, 0.05) is 29.1 Å². The zero-order valence-electron chi connectivity index (χ0n) is 22.1. The van der Waals surface area contributed by atoms with Gasteiger partial charge in [-0.2, -0.15) is 18.3 Å². The molecule has 0 bridgehead atoms. The lowest BCUT2D eigenvalue weighted by Gasteiger charge is -2.22. The number of nitrogens with two attached hydrogens (primary N) is 1. The van der Waals surface area contributed by atoms with Crippen LogP contribution < -0.4 is 11.1 Å². The predicted molar refractivity (Wildman–Crippen MR) is 139 cm³/mol. The number of alkyl halides is 3. The third-order valence-electron chi connectivity index (χ3n) is 7.72. The topological polar surface area (TPSA) is 116 Å².